The molecule has 1 saturated heterocycles. The zero-order chi connectivity index (χ0) is 37.5. The van der Waals surface area contributed by atoms with Crippen LogP contribution in [0.1, 0.15) is 99.9 Å². The Morgan fingerprint density at radius 1 is 1.11 bits per heavy atom. The normalized spacial score (nSPS) is 28.4. The topological polar surface area (TPSA) is 102 Å². The van der Waals surface area contributed by atoms with E-state index in [9.17, 15) is 9.90 Å². The van der Waals surface area contributed by atoms with Crippen molar-refractivity contribution in [1.82, 2.24) is 9.88 Å². The summed E-state index contributed by atoms with van der Waals surface area (Å²) in [5.74, 6) is 2.88. The fraction of sp³-hybridized carbons (Fsp3) is 0.591. The van der Waals surface area contributed by atoms with Crippen LogP contribution in [0.3, 0.4) is 0 Å². The van der Waals surface area contributed by atoms with E-state index in [4.69, 9.17) is 30.5 Å². The summed E-state index contributed by atoms with van der Waals surface area (Å²) in [6.07, 6.45) is 11.7. The third-order valence-electron chi connectivity index (χ3n) is 13.4. The lowest BCUT2D eigenvalue weighted by molar-refractivity contribution is -0.144. The summed E-state index contributed by atoms with van der Waals surface area (Å²) in [5.41, 5.74) is 4.55. The number of aryl methyl sites for hydroxylation is 1. The number of nitrogens with one attached hydrogen (secondary N) is 1. The van der Waals surface area contributed by atoms with Crippen LogP contribution < -0.4 is 19.5 Å². The molecule has 2 fully saturated rings. The molecule has 2 aliphatic heterocycles. The number of hydrogen-bond donors (Lipinski definition) is 2. The van der Waals surface area contributed by atoms with Crippen LogP contribution in [0.2, 0.25) is 5.02 Å². The van der Waals surface area contributed by atoms with Crippen LogP contribution in [0.4, 0.5) is 5.69 Å². The molecule has 2 aromatic carbocycles. The number of likely N-dealkylation sites (N-methyl/N-ethyl adjacent to an activating group) is 1. The summed E-state index contributed by atoms with van der Waals surface area (Å²) in [6.45, 7) is 8.16. The van der Waals surface area contributed by atoms with E-state index in [0.29, 0.717) is 54.9 Å². The van der Waals surface area contributed by atoms with E-state index in [0.717, 1.165) is 87.6 Å². The Labute approximate surface area is 325 Å². The van der Waals surface area contributed by atoms with Gasteiger partial charge in [-0.3, -0.25) is 9.88 Å². The molecular weight excluding hydrogens is 702 g/mol. The van der Waals surface area contributed by atoms with Gasteiger partial charge < -0.3 is 29.4 Å². The molecule has 290 valence electrons. The summed E-state index contributed by atoms with van der Waals surface area (Å²) < 4.78 is 25.4. The van der Waals surface area contributed by atoms with Crippen molar-refractivity contribution in [3.8, 4) is 17.2 Å². The number of carbonyl (C=O) groups is 1. The first-order valence-electron chi connectivity index (χ1n) is 20.2. The number of anilines is 1. The van der Waals surface area contributed by atoms with Gasteiger partial charge in [0, 0.05) is 54.0 Å². The van der Waals surface area contributed by atoms with Crippen LogP contribution in [0.5, 0.6) is 17.2 Å². The maximum atomic E-state index is 13.1. The first kappa shape index (κ1) is 37.4. The minimum Gasteiger partial charge on any atom is -0.493 e. The lowest BCUT2D eigenvalue weighted by Gasteiger charge is -2.47. The highest BCUT2D eigenvalue weighted by atomic mass is 35.5. The molecule has 54 heavy (non-hydrogen) atoms. The van der Waals surface area contributed by atoms with Crippen molar-refractivity contribution in [1.29, 1.82) is 0 Å². The molecule has 3 aromatic rings. The molecule has 1 spiro atoms. The highest BCUT2D eigenvalue weighted by molar-refractivity contribution is 6.30. The number of carboxylic acids is 1. The number of benzene rings is 2. The molecule has 3 aliphatic carbocycles. The van der Waals surface area contributed by atoms with Crippen molar-refractivity contribution in [3.63, 3.8) is 0 Å². The van der Waals surface area contributed by atoms with Crippen molar-refractivity contribution in [2.24, 2.45) is 11.8 Å². The second kappa shape index (κ2) is 15.5. The van der Waals surface area contributed by atoms with Crippen LogP contribution in [-0.2, 0) is 27.8 Å². The number of carboxylic acid groups (broad SMARTS) is 1. The van der Waals surface area contributed by atoms with Gasteiger partial charge in [-0.05, 0) is 148 Å². The van der Waals surface area contributed by atoms with Crippen LogP contribution in [0.25, 0.3) is 0 Å². The number of halogens is 1. The van der Waals surface area contributed by atoms with Gasteiger partial charge >= 0.3 is 5.97 Å². The number of hydrogen-bond acceptors (Lipinski definition) is 8. The minimum atomic E-state index is -1.08. The van der Waals surface area contributed by atoms with Gasteiger partial charge in [0.2, 0.25) is 0 Å². The molecule has 1 aromatic heterocycles. The second-order valence-corrected chi connectivity index (χ2v) is 17.4. The van der Waals surface area contributed by atoms with E-state index in [1.165, 1.54) is 35.2 Å². The Balaban J connectivity index is 1.04. The molecule has 10 heteroatoms. The monoisotopic (exact) mass is 757 g/mol. The highest BCUT2D eigenvalue weighted by Crippen LogP contribution is 2.58. The average molecular weight is 758 g/mol. The van der Waals surface area contributed by atoms with Crippen LogP contribution in [0, 0.1) is 11.8 Å². The summed E-state index contributed by atoms with van der Waals surface area (Å²) >= 11 is 6.32. The molecule has 2 N–H and O–H groups in total. The van der Waals surface area contributed by atoms with Crippen molar-refractivity contribution in [3.05, 3.63) is 76.1 Å². The van der Waals surface area contributed by atoms with Gasteiger partial charge in [0.1, 0.15) is 24.0 Å². The lowest BCUT2D eigenvalue weighted by Crippen LogP contribution is -2.53. The number of rotatable bonds is 11. The molecule has 8 rings (SSSR count). The predicted octanol–water partition coefficient (Wildman–Crippen LogP) is 8.45. The van der Waals surface area contributed by atoms with E-state index >= 15 is 0 Å². The van der Waals surface area contributed by atoms with Gasteiger partial charge in [-0.25, -0.2) is 4.79 Å². The number of ether oxygens (including phenoxy) is 4. The Bertz CT molecular complexity index is 1820. The van der Waals surface area contributed by atoms with Gasteiger partial charge in [-0.1, -0.05) is 31.5 Å². The van der Waals surface area contributed by atoms with Gasteiger partial charge in [-0.2, -0.15) is 0 Å². The Hall–Kier alpha value is -3.53. The maximum absolute atomic E-state index is 13.1. The van der Waals surface area contributed by atoms with Crippen molar-refractivity contribution >= 4 is 23.3 Å². The SMILES string of the molecule is C[C@@H](COc1ccnc2c1[C@H](C)CCC2)C[C@H]1Cc2cc3c(cc2C12CCC(Nc1cccc(Cl)c1)(C(=O)O)CC2)O[C@@H](CN(C)C1CCOCC1)CO3. The molecule has 5 aliphatic rings. The molecule has 0 radical (unpaired) electrons. The van der Waals surface area contributed by atoms with Crippen molar-refractivity contribution < 1.29 is 28.8 Å². The molecular formula is C44H56ClN3O6. The number of pyridine rings is 1. The Morgan fingerprint density at radius 3 is 2.70 bits per heavy atom. The van der Waals surface area contributed by atoms with Crippen LogP contribution in [0.15, 0.2) is 48.7 Å². The Morgan fingerprint density at radius 2 is 1.93 bits per heavy atom. The van der Waals surface area contributed by atoms with Crippen molar-refractivity contribution in [2.75, 3.05) is 45.3 Å². The largest absolute Gasteiger partial charge is 0.493 e. The molecule has 0 amide bonds. The minimum absolute atomic E-state index is 0.0664. The first-order chi connectivity index (χ1) is 26.1. The summed E-state index contributed by atoms with van der Waals surface area (Å²) in [7, 11) is 2.18. The molecule has 1 saturated carbocycles. The third-order valence-corrected chi connectivity index (χ3v) is 13.6. The fourth-order valence-corrected chi connectivity index (χ4v) is 10.6. The molecule has 9 nitrogen and oxygen atoms in total. The van der Waals surface area contributed by atoms with Crippen molar-refractivity contribution in [2.45, 2.75) is 113 Å². The molecule has 4 atom stereocenters. The average Bonchev–Trinajstić information content (AvgIpc) is 3.44. The van der Waals surface area contributed by atoms with E-state index in [-0.39, 0.29) is 11.5 Å². The quantitative estimate of drug-likeness (QED) is 0.200. The molecule has 0 bridgehead atoms. The zero-order valence-electron chi connectivity index (χ0n) is 32.1. The zero-order valence-corrected chi connectivity index (χ0v) is 32.8. The first-order valence-corrected chi connectivity index (χ1v) is 20.6. The fourth-order valence-electron chi connectivity index (χ4n) is 10.4. The van der Waals surface area contributed by atoms with E-state index < -0.39 is 11.5 Å². The van der Waals surface area contributed by atoms with Gasteiger partial charge in [0.25, 0.3) is 0 Å². The maximum Gasteiger partial charge on any atom is 0.329 e. The smallest absolute Gasteiger partial charge is 0.329 e. The van der Waals surface area contributed by atoms with Gasteiger partial charge in [-0.15, -0.1) is 0 Å². The number of nitrogens with zero attached hydrogens (tertiary/aromatic N) is 2. The predicted molar refractivity (Wildman–Crippen MR) is 210 cm³/mol. The third kappa shape index (κ3) is 7.40. The van der Waals surface area contributed by atoms with E-state index in [2.05, 4.69) is 48.2 Å². The van der Waals surface area contributed by atoms with Crippen LogP contribution in [-0.4, -0.2) is 78.7 Å². The number of aromatic nitrogens is 1. The second-order valence-electron chi connectivity index (χ2n) is 17.0. The van der Waals surface area contributed by atoms with Gasteiger partial charge in [0.05, 0.1) is 6.61 Å². The van der Waals surface area contributed by atoms with E-state index in [1.807, 2.05) is 36.5 Å². The number of fused-ring (bicyclic) bond motifs is 4. The Kier molecular flexibility index (Phi) is 10.8. The van der Waals surface area contributed by atoms with E-state index in [1.54, 1.807) is 0 Å². The summed E-state index contributed by atoms with van der Waals surface area (Å²) in [5, 5.41) is 14.7. The molecule has 3 heterocycles. The lowest BCUT2D eigenvalue weighted by atomic mass is 9.59. The molecule has 0 unspecified atom stereocenters. The van der Waals surface area contributed by atoms with Gasteiger partial charge in [0.15, 0.2) is 11.5 Å². The highest BCUT2D eigenvalue weighted by Gasteiger charge is 2.54. The van der Waals surface area contributed by atoms with Crippen LogP contribution >= 0.6 is 11.6 Å². The standard InChI is InChI=1S/C44H56ClN3O6/c1-28(26-52-38-10-17-46-37-9-4-6-29(2)41(37)38)20-31-21-30-22-39-40(54-35(27-53-39)25-48(3)34-11-18-51-19-12-34)24-36(30)43(31)13-15-44(16-14-43,42(49)50)47-33-8-5-7-32(45)23-33/h5,7-8,10,17,22-24,28-29,31,34-35,47H,4,6,9,11-16,18-21,25-27H2,1-3H3,(H,49,50)/t28-,29-,31+,35+,43?,44?/m1/s1. The summed E-state index contributed by atoms with van der Waals surface area (Å²) in [4.78, 5) is 20.2. The number of aliphatic carboxylic acids is 1. The summed E-state index contributed by atoms with van der Waals surface area (Å²) in [6, 6.07) is 14.4.